The third kappa shape index (κ3) is 4.03. The molecule has 134 valence electrons. The number of rotatable bonds is 5. The Kier molecular flexibility index (Phi) is 4.93. The van der Waals surface area contributed by atoms with Gasteiger partial charge in [-0.05, 0) is 54.8 Å². The number of nitrogens with two attached hydrogens (primary N) is 1. The number of urea groups is 1. The Bertz CT molecular complexity index is 976. The summed E-state index contributed by atoms with van der Waals surface area (Å²) in [7, 11) is 0. The van der Waals surface area contributed by atoms with Crippen LogP contribution in [-0.2, 0) is 17.8 Å². The summed E-state index contributed by atoms with van der Waals surface area (Å²) in [6, 6.07) is 10.6. The van der Waals surface area contributed by atoms with Gasteiger partial charge in [-0.25, -0.2) is 4.79 Å². The lowest BCUT2D eigenvalue weighted by molar-refractivity contribution is -0.120. The fourth-order valence-electron chi connectivity index (χ4n) is 2.81. The molecular weight excluding hydrogens is 330 g/mol. The van der Waals surface area contributed by atoms with Crippen molar-refractivity contribution in [2.75, 3.05) is 5.32 Å². The predicted octanol–water partition coefficient (Wildman–Crippen LogP) is 3.40. The molecule has 3 amide bonds. The number of anilines is 1. The molecule has 0 aliphatic rings. The van der Waals surface area contributed by atoms with Crippen LogP contribution in [0.3, 0.4) is 0 Å². The van der Waals surface area contributed by atoms with Gasteiger partial charge in [0.05, 0.1) is 12.7 Å². The Balaban J connectivity index is 1.65. The van der Waals surface area contributed by atoms with Gasteiger partial charge in [0.2, 0.25) is 5.91 Å². The molecule has 1 aromatic heterocycles. The van der Waals surface area contributed by atoms with Gasteiger partial charge >= 0.3 is 6.03 Å². The van der Waals surface area contributed by atoms with E-state index in [0.717, 1.165) is 27.7 Å². The molecule has 0 saturated carbocycles. The Morgan fingerprint density at radius 3 is 2.65 bits per heavy atom. The summed E-state index contributed by atoms with van der Waals surface area (Å²) in [5, 5.41) is 6.37. The first kappa shape index (κ1) is 17.5. The Morgan fingerprint density at radius 1 is 1.12 bits per heavy atom. The number of hydrogen-bond acceptors (Lipinski definition) is 3. The van der Waals surface area contributed by atoms with Crippen molar-refractivity contribution in [3.63, 3.8) is 0 Å². The second kappa shape index (κ2) is 7.31. The van der Waals surface area contributed by atoms with Crippen LogP contribution in [0.4, 0.5) is 10.5 Å². The Hall–Kier alpha value is -3.28. The minimum absolute atomic E-state index is 0.0980. The van der Waals surface area contributed by atoms with Crippen LogP contribution in [0, 0.1) is 13.8 Å². The maximum Gasteiger partial charge on any atom is 0.316 e. The lowest BCUT2D eigenvalue weighted by Gasteiger charge is -2.07. The fraction of sp³-hybridized carbons (Fsp3) is 0.200. The van der Waals surface area contributed by atoms with Crippen molar-refractivity contribution in [1.29, 1.82) is 0 Å². The summed E-state index contributed by atoms with van der Waals surface area (Å²) in [6.45, 7) is 4.44. The van der Waals surface area contributed by atoms with Crippen molar-refractivity contribution in [3.8, 4) is 0 Å². The Labute approximate surface area is 151 Å². The van der Waals surface area contributed by atoms with Crippen molar-refractivity contribution in [3.05, 3.63) is 64.9 Å². The van der Waals surface area contributed by atoms with E-state index >= 15 is 0 Å². The van der Waals surface area contributed by atoms with Crippen LogP contribution >= 0.6 is 0 Å². The van der Waals surface area contributed by atoms with Crippen LogP contribution in [0.25, 0.3) is 11.0 Å². The van der Waals surface area contributed by atoms with Crippen LogP contribution in [0.1, 0.15) is 22.3 Å². The number of amides is 3. The van der Waals surface area contributed by atoms with Crippen LogP contribution in [0.5, 0.6) is 0 Å². The smallest absolute Gasteiger partial charge is 0.316 e. The lowest BCUT2D eigenvalue weighted by Crippen LogP contribution is -2.24. The second-order valence-corrected chi connectivity index (χ2v) is 6.34. The first-order valence-electron chi connectivity index (χ1n) is 8.32. The number of primary amides is 1. The maximum atomic E-state index is 12.3. The second-order valence-electron chi connectivity index (χ2n) is 6.34. The molecule has 1 heterocycles. The van der Waals surface area contributed by atoms with Crippen LogP contribution in [0.2, 0.25) is 0 Å². The molecule has 2 aromatic carbocycles. The van der Waals surface area contributed by atoms with Crippen molar-refractivity contribution in [2.45, 2.75) is 26.8 Å². The largest absolute Gasteiger partial charge is 0.464 e. The number of nitrogens with one attached hydrogen (secondary N) is 2. The molecule has 0 atom stereocenters. The molecule has 6 heteroatoms. The van der Waals surface area contributed by atoms with Gasteiger partial charge in [-0.2, -0.15) is 0 Å². The van der Waals surface area contributed by atoms with Gasteiger partial charge in [0.25, 0.3) is 0 Å². The molecule has 0 saturated heterocycles. The maximum absolute atomic E-state index is 12.3. The van der Waals surface area contributed by atoms with E-state index in [-0.39, 0.29) is 12.3 Å². The van der Waals surface area contributed by atoms with E-state index in [1.54, 1.807) is 24.5 Å². The van der Waals surface area contributed by atoms with Gasteiger partial charge in [0.15, 0.2) is 0 Å². The number of benzene rings is 2. The number of furan rings is 1. The standard InChI is InChI=1S/C20H21N3O3/c1-12-6-17-15(11-26-18(17)7-13(12)2)9-19(24)22-10-14-4-3-5-16(8-14)23-20(21)25/h3-8,11H,9-10H2,1-2H3,(H,22,24)(H3,21,23,25). The molecule has 3 aromatic rings. The van der Waals surface area contributed by atoms with Crippen molar-refractivity contribution in [2.24, 2.45) is 5.73 Å². The van der Waals surface area contributed by atoms with Crippen LogP contribution < -0.4 is 16.4 Å². The monoisotopic (exact) mass is 351 g/mol. The summed E-state index contributed by atoms with van der Waals surface area (Å²) in [6.07, 6.45) is 1.88. The van der Waals surface area contributed by atoms with Gasteiger partial charge in [0.1, 0.15) is 5.58 Å². The summed E-state index contributed by atoms with van der Waals surface area (Å²) < 4.78 is 5.57. The molecule has 0 fully saturated rings. The quantitative estimate of drug-likeness (QED) is 0.657. The van der Waals surface area contributed by atoms with Crippen molar-refractivity contribution < 1.29 is 14.0 Å². The van der Waals surface area contributed by atoms with Gasteiger partial charge in [-0.1, -0.05) is 12.1 Å². The zero-order chi connectivity index (χ0) is 18.7. The van der Waals surface area contributed by atoms with E-state index in [2.05, 4.69) is 16.7 Å². The number of fused-ring (bicyclic) bond motifs is 1. The van der Waals surface area contributed by atoms with E-state index in [1.165, 1.54) is 5.56 Å². The summed E-state index contributed by atoms with van der Waals surface area (Å²) in [5.74, 6) is -0.0980. The van der Waals surface area contributed by atoms with E-state index in [4.69, 9.17) is 10.2 Å². The molecule has 0 aliphatic heterocycles. The van der Waals surface area contributed by atoms with Gasteiger partial charge < -0.3 is 20.8 Å². The topological polar surface area (TPSA) is 97.4 Å². The number of carbonyl (C=O) groups excluding carboxylic acids is 2. The van der Waals surface area contributed by atoms with E-state index < -0.39 is 6.03 Å². The fourth-order valence-corrected chi connectivity index (χ4v) is 2.81. The zero-order valence-electron chi connectivity index (χ0n) is 14.8. The van der Waals surface area contributed by atoms with Crippen molar-refractivity contribution >= 4 is 28.6 Å². The highest BCUT2D eigenvalue weighted by molar-refractivity contribution is 5.89. The highest BCUT2D eigenvalue weighted by Crippen LogP contribution is 2.25. The van der Waals surface area contributed by atoms with Gasteiger partial charge in [-0.15, -0.1) is 0 Å². The normalized spacial score (nSPS) is 10.7. The van der Waals surface area contributed by atoms with Gasteiger partial charge in [0, 0.05) is 23.2 Å². The molecule has 0 unspecified atom stereocenters. The highest BCUT2D eigenvalue weighted by Gasteiger charge is 2.11. The number of hydrogen-bond donors (Lipinski definition) is 3. The molecule has 0 aliphatic carbocycles. The SMILES string of the molecule is Cc1cc2occ(CC(=O)NCc3cccc(NC(N)=O)c3)c2cc1C. The molecule has 26 heavy (non-hydrogen) atoms. The van der Waals surface area contributed by atoms with Crippen molar-refractivity contribution in [1.82, 2.24) is 5.32 Å². The average Bonchev–Trinajstić information content (AvgIpc) is 2.95. The average molecular weight is 351 g/mol. The predicted molar refractivity (Wildman–Crippen MR) is 101 cm³/mol. The first-order valence-corrected chi connectivity index (χ1v) is 8.32. The molecule has 4 N–H and O–H groups in total. The molecule has 3 rings (SSSR count). The minimum Gasteiger partial charge on any atom is -0.464 e. The molecule has 0 bridgehead atoms. The molecular formula is C20H21N3O3. The summed E-state index contributed by atoms with van der Waals surface area (Å²) in [4.78, 5) is 23.2. The molecule has 6 nitrogen and oxygen atoms in total. The lowest BCUT2D eigenvalue weighted by atomic mass is 10.0. The number of aryl methyl sites for hydroxylation is 2. The Morgan fingerprint density at radius 2 is 1.88 bits per heavy atom. The minimum atomic E-state index is -0.622. The highest BCUT2D eigenvalue weighted by atomic mass is 16.3. The van der Waals surface area contributed by atoms with E-state index in [0.29, 0.717) is 12.2 Å². The van der Waals surface area contributed by atoms with E-state index in [1.807, 2.05) is 26.0 Å². The molecule has 0 spiro atoms. The third-order valence-electron chi connectivity index (χ3n) is 4.31. The van der Waals surface area contributed by atoms with Gasteiger partial charge in [-0.3, -0.25) is 4.79 Å². The zero-order valence-corrected chi connectivity index (χ0v) is 14.8. The summed E-state index contributed by atoms with van der Waals surface area (Å²) >= 11 is 0. The van der Waals surface area contributed by atoms with Crippen LogP contribution in [-0.4, -0.2) is 11.9 Å². The number of carbonyl (C=O) groups is 2. The molecule has 0 radical (unpaired) electrons. The first-order chi connectivity index (χ1) is 12.4. The van der Waals surface area contributed by atoms with E-state index in [9.17, 15) is 9.59 Å². The summed E-state index contributed by atoms with van der Waals surface area (Å²) in [5.41, 5.74) is 10.6. The third-order valence-corrected chi connectivity index (χ3v) is 4.31. The van der Waals surface area contributed by atoms with Crippen LogP contribution in [0.15, 0.2) is 47.1 Å².